The molecule has 0 spiro atoms. The summed E-state index contributed by atoms with van der Waals surface area (Å²) in [6.07, 6.45) is 3.25. The van der Waals surface area contributed by atoms with Crippen molar-refractivity contribution in [2.24, 2.45) is 7.05 Å². The van der Waals surface area contributed by atoms with Crippen LogP contribution >= 0.6 is 0 Å². The van der Waals surface area contributed by atoms with Crippen molar-refractivity contribution in [3.05, 3.63) is 27.7 Å². The van der Waals surface area contributed by atoms with Crippen molar-refractivity contribution in [2.45, 2.75) is 33.1 Å². The summed E-state index contributed by atoms with van der Waals surface area (Å²) in [5.41, 5.74) is 1.80. The Kier molecular flexibility index (Phi) is 3.23. The van der Waals surface area contributed by atoms with Crippen LogP contribution in [0.5, 0.6) is 0 Å². The molecule has 1 aromatic rings. The Bertz CT molecular complexity index is 315. The molecule has 3 heteroatoms. The van der Waals surface area contributed by atoms with E-state index in [9.17, 15) is 4.79 Å². The van der Waals surface area contributed by atoms with Crippen molar-refractivity contribution in [2.75, 3.05) is 0 Å². The molecule has 0 saturated heterocycles. The molecule has 1 heterocycles. The van der Waals surface area contributed by atoms with E-state index >= 15 is 0 Å². The van der Waals surface area contributed by atoms with Gasteiger partial charge in [-0.05, 0) is 25.8 Å². The number of hydrogen-bond donors (Lipinski definition) is 0. The number of hydrogen-bond acceptors (Lipinski definition) is 2. The van der Waals surface area contributed by atoms with E-state index in [4.69, 9.17) is 0 Å². The van der Waals surface area contributed by atoms with Crippen LogP contribution in [-0.4, -0.2) is 9.78 Å². The minimum Gasteiger partial charge on any atom is -0.268 e. The summed E-state index contributed by atoms with van der Waals surface area (Å²) in [7, 11) is 1.70. The van der Waals surface area contributed by atoms with Gasteiger partial charge in [-0.3, -0.25) is 4.79 Å². The van der Waals surface area contributed by atoms with Crippen LogP contribution in [0.15, 0.2) is 10.9 Å². The molecular formula is C10H16N2O. The van der Waals surface area contributed by atoms with Crippen molar-refractivity contribution in [1.29, 1.82) is 0 Å². The monoisotopic (exact) mass is 180 g/mol. The Labute approximate surface area is 78.4 Å². The molecule has 72 valence electrons. The molecule has 0 radical (unpaired) electrons. The average Bonchev–Trinajstić information content (AvgIpc) is 2.10. The van der Waals surface area contributed by atoms with Crippen LogP contribution in [0.1, 0.15) is 31.0 Å². The highest BCUT2D eigenvalue weighted by Crippen LogP contribution is 2.00. The van der Waals surface area contributed by atoms with Gasteiger partial charge in [0.05, 0.1) is 5.69 Å². The number of aromatic nitrogens is 2. The van der Waals surface area contributed by atoms with Crippen LogP contribution in [0.25, 0.3) is 0 Å². The predicted octanol–water partition coefficient (Wildman–Crippen LogP) is 1.43. The molecule has 0 unspecified atom stereocenters. The fourth-order valence-electron chi connectivity index (χ4n) is 1.31. The normalized spacial score (nSPS) is 10.4. The lowest BCUT2D eigenvalue weighted by Crippen LogP contribution is -2.22. The van der Waals surface area contributed by atoms with Gasteiger partial charge in [0.15, 0.2) is 0 Å². The summed E-state index contributed by atoms with van der Waals surface area (Å²) in [4.78, 5) is 11.3. The lowest BCUT2D eigenvalue weighted by Gasteiger charge is -2.03. The minimum absolute atomic E-state index is 0.000230. The van der Waals surface area contributed by atoms with Crippen LogP contribution in [0, 0.1) is 6.92 Å². The van der Waals surface area contributed by atoms with E-state index in [2.05, 4.69) is 12.0 Å². The first-order valence-electron chi connectivity index (χ1n) is 4.69. The van der Waals surface area contributed by atoms with Gasteiger partial charge >= 0.3 is 0 Å². The van der Waals surface area contributed by atoms with Gasteiger partial charge in [0.1, 0.15) is 0 Å². The first-order valence-corrected chi connectivity index (χ1v) is 4.69. The average molecular weight is 180 g/mol. The maximum absolute atomic E-state index is 11.3. The standard InChI is InChI=1S/C10H16N2O/c1-4-5-6-9-7-8(2)10(13)12(3)11-9/h7H,4-6H2,1-3H3. The number of aryl methyl sites for hydroxylation is 3. The first-order chi connectivity index (χ1) is 6.15. The predicted molar refractivity (Wildman–Crippen MR) is 52.8 cm³/mol. The largest absolute Gasteiger partial charge is 0.269 e. The van der Waals surface area contributed by atoms with Crippen LogP contribution < -0.4 is 5.56 Å². The van der Waals surface area contributed by atoms with E-state index in [0.29, 0.717) is 0 Å². The first kappa shape index (κ1) is 9.96. The summed E-state index contributed by atoms with van der Waals surface area (Å²) in [5.74, 6) is 0. The molecule has 0 bridgehead atoms. The fraction of sp³-hybridized carbons (Fsp3) is 0.600. The molecule has 0 amide bonds. The Hall–Kier alpha value is -1.12. The van der Waals surface area contributed by atoms with E-state index in [1.165, 1.54) is 4.68 Å². The van der Waals surface area contributed by atoms with Crippen molar-refractivity contribution in [1.82, 2.24) is 9.78 Å². The molecule has 0 aliphatic heterocycles. The molecule has 0 aromatic carbocycles. The van der Waals surface area contributed by atoms with Crippen molar-refractivity contribution >= 4 is 0 Å². The van der Waals surface area contributed by atoms with Crippen LogP contribution in [0.3, 0.4) is 0 Å². The Morgan fingerprint density at radius 3 is 2.77 bits per heavy atom. The van der Waals surface area contributed by atoms with Gasteiger partial charge in [0.25, 0.3) is 5.56 Å². The summed E-state index contributed by atoms with van der Waals surface area (Å²) < 4.78 is 1.42. The van der Waals surface area contributed by atoms with Crippen LogP contribution in [0.2, 0.25) is 0 Å². The highest BCUT2D eigenvalue weighted by Gasteiger charge is 2.00. The summed E-state index contributed by atoms with van der Waals surface area (Å²) in [5, 5.41) is 4.18. The van der Waals surface area contributed by atoms with E-state index < -0.39 is 0 Å². The fourth-order valence-corrected chi connectivity index (χ4v) is 1.31. The zero-order chi connectivity index (χ0) is 9.84. The molecule has 0 atom stereocenters. The highest BCUT2D eigenvalue weighted by molar-refractivity contribution is 5.11. The van der Waals surface area contributed by atoms with Crippen molar-refractivity contribution in [3.63, 3.8) is 0 Å². The highest BCUT2D eigenvalue weighted by atomic mass is 16.1. The third-order valence-electron chi connectivity index (χ3n) is 2.08. The maximum atomic E-state index is 11.3. The summed E-state index contributed by atoms with van der Waals surface area (Å²) in [6.45, 7) is 3.98. The second kappa shape index (κ2) is 4.21. The van der Waals surface area contributed by atoms with Gasteiger partial charge in [-0.1, -0.05) is 13.3 Å². The second-order valence-electron chi connectivity index (χ2n) is 3.35. The lowest BCUT2D eigenvalue weighted by atomic mass is 10.2. The maximum Gasteiger partial charge on any atom is 0.269 e. The number of unbranched alkanes of at least 4 members (excludes halogenated alkanes) is 1. The molecule has 1 aromatic heterocycles. The molecule has 13 heavy (non-hydrogen) atoms. The SMILES string of the molecule is CCCCc1cc(C)c(=O)n(C)n1. The Morgan fingerprint density at radius 1 is 1.54 bits per heavy atom. The molecular weight excluding hydrogens is 164 g/mol. The van der Waals surface area contributed by atoms with Gasteiger partial charge in [-0.15, -0.1) is 0 Å². The zero-order valence-corrected chi connectivity index (χ0v) is 8.50. The quantitative estimate of drug-likeness (QED) is 0.705. The molecule has 0 fully saturated rings. The molecule has 0 saturated carbocycles. The van der Waals surface area contributed by atoms with Crippen LogP contribution in [-0.2, 0) is 13.5 Å². The van der Waals surface area contributed by atoms with Crippen molar-refractivity contribution in [3.8, 4) is 0 Å². The topological polar surface area (TPSA) is 34.9 Å². The smallest absolute Gasteiger partial charge is 0.268 e. The van der Waals surface area contributed by atoms with Gasteiger partial charge < -0.3 is 0 Å². The van der Waals surface area contributed by atoms with Gasteiger partial charge in [-0.25, -0.2) is 4.68 Å². The van der Waals surface area contributed by atoms with Gasteiger partial charge in [0, 0.05) is 12.6 Å². The zero-order valence-electron chi connectivity index (χ0n) is 8.50. The van der Waals surface area contributed by atoms with Gasteiger partial charge in [-0.2, -0.15) is 5.10 Å². The van der Waals surface area contributed by atoms with E-state index in [1.807, 2.05) is 13.0 Å². The Morgan fingerprint density at radius 2 is 2.23 bits per heavy atom. The van der Waals surface area contributed by atoms with E-state index in [1.54, 1.807) is 7.05 Å². The third kappa shape index (κ3) is 2.41. The lowest BCUT2D eigenvalue weighted by molar-refractivity contribution is 0.653. The molecule has 1 rings (SSSR count). The molecule has 0 aliphatic carbocycles. The third-order valence-corrected chi connectivity index (χ3v) is 2.08. The van der Waals surface area contributed by atoms with E-state index in [0.717, 1.165) is 30.5 Å². The minimum atomic E-state index is 0.000230. The molecule has 3 nitrogen and oxygen atoms in total. The second-order valence-corrected chi connectivity index (χ2v) is 3.35. The molecule has 0 N–H and O–H groups in total. The number of rotatable bonds is 3. The summed E-state index contributed by atoms with van der Waals surface area (Å²) >= 11 is 0. The molecule has 0 aliphatic rings. The number of nitrogens with zero attached hydrogens (tertiary/aromatic N) is 2. The summed E-state index contributed by atoms with van der Waals surface area (Å²) in [6, 6.07) is 1.89. The van der Waals surface area contributed by atoms with Gasteiger partial charge in [0.2, 0.25) is 0 Å². The van der Waals surface area contributed by atoms with Crippen molar-refractivity contribution < 1.29 is 0 Å². The Balaban J connectivity index is 2.93. The van der Waals surface area contributed by atoms with Crippen LogP contribution in [0.4, 0.5) is 0 Å². The van der Waals surface area contributed by atoms with E-state index in [-0.39, 0.29) is 5.56 Å².